The summed E-state index contributed by atoms with van der Waals surface area (Å²) in [5.74, 6) is 6.57. The number of nitrogens with one attached hydrogen (secondary N) is 1. The van der Waals surface area contributed by atoms with Gasteiger partial charge in [-0.25, -0.2) is 0 Å². The van der Waals surface area contributed by atoms with Crippen LogP contribution in [0.1, 0.15) is 18.9 Å². The molecule has 2 nitrogen and oxygen atoms in total. The molecule has 0 radical (unpaired) electrons. The number of hydrogen-bond acceptors (Lipinski definition) is 2. The summed E-state index contributed by atoms with van der Waals surface area (Å²) in [7, 11) is 0. The van der Waals surface area contributed by atoms with Gasteiger partial charge < -0.3 is 10.1 Å². The summed E-state index contributed by atoms with van der Waals surface area (Å²) in [6.07, 6.45) is 3.35. The maximum Gasteiger partial charge on any atom is 0.149 e. The van der Waals surface area contributed by atoms with Gasteiger partial charge in [0.15, 0.2) is 0 Å². The van der Waals surface area contributed by atoms with Crippen LogP contribution in [0.5, 0.6) is 5.75 Å². The molecule has 1 aliphatic heterocycles. The van der Waals surface area contributed by atoms with Gasteiger partial charge in [0.05, 0.1) is 0 Å². The lowest BCUT2D eigenvalue weighted by Gasteiger charge is -2.14. The molecule has 2 rings (SSSR count). The molecule has 0 amide bonds. The molecular formula is C15H17NO. The molecule has 0 aliphatic carbocycles. The summed E-state index contributed by atoms with van der Waals surface area (Å²) in [4.78, 5) is 0. The zero-order valence-corrected chi connectivity index (χ0v) is 10.1. The van der Waals surface area contributed by atoms with Gasteiger partial charge in [0.1, 0.15) is 12.4 Å². The van der Waals surface area contributed by atoms with Crippen molar-refractivity contribution >= 4 is 5.57 Å². The molecule has 0 saturated heterocycles. The van der Waals surface area contributed by atoms with Crippen molar-refractivity contribution in [3.05, 3.63) is 35.9 Å². The minimum absolute atomic E-state index is 0.461. The molecule has 1 heterocycles. The van der Waals surface area contributed by atoms with Crippen molar-refractivity contribution in [3.8, 4) is 17.6 Å². The lowest BCUT2D eigenvalue weighted by atomic mass is 10.0. The van der Waals surface area contributed by atoms with Crippen LogP contribution >= 0.6 is 0 Å². The van der Waals surface area contributed by atoms with Gasteiger partial charge in [0, 0.05) is 6.54 Å². The van der Waals surface area contributed by atoms with E-state index >= 15 is 0 Å². The maximum absolute atomic E-state index is 5.48. The number of rotatable bonds is 3. The fourth-order valence-corrected chi connectivity index (χ4v) is 1.84. The van der Waals surface area contributed by atoms with E-state index in [-0.39, 0.29) is 0 Å². The third-order valence-electron chi connectivity index (χ3n) is 2.78. The Morgan fingerprint density at radius 1 is 1.29 bits per heavy atom. The Morgan fingerprint density at radius 3 is 2.76 bits per heavy atom. The van der Waals surface area contributed by atoms with Crippen molar-refractivity contribution in [2.75, 3.05) is 19.7 Å². The molecule has 0 fully saturated rings. The SMILES string of the molecule is CC#CCOc1ccc(C2=CCNCC2)cc1. The summed E-state index contributed by atoms with van der Waals surface area (Å²) < 4.78 is 5.48. The molecular weight excluding hydrogens is 210 g/mol. The Balaban J connectivity index is 2.01. The van der Waals surface area contributed by atoms with E-state index in [1.807, 2.05) is 19.1 Å². The van der Waals surface area contributed by atoms with Crippen molar-refractivity contribution in [3.63, 3.8) is 0 Å². The molecule has 0 spiro atoms. The average Bonchev–Trinajstić information content (AvgIpc) is 2.41. The minimum Gasteiger partial charge on any atom is -0.481 e. The van der Waals surface area contributed by atoms with Crippen LogP contribution in [0.2, 0.25) is 0 Å². The molecule has 17 heavy (non-hydrogen) atoms. The number of benzene rings is 1. The van der Waals surface area contributed by atoms with Crippen LogP contribution in [0.15, 0.2) is 30.3 Å². The van der Waals surface area contributed by atoms with E-state index in [0.29, 0.717) is 6.61 Å². The first-order valence-corrected chi connectivity index (χ1v) is 5.93. The summed E-state index contributed by atoms with van der Waals surface area (Å²) in [5, 5.41) is 3.31. The molecule has 88 valence electrons. The van der Waals surface area contributed by atoms with E-state index in [0.717, 1.165) is 25.3 Å². The second kappa shape index (κ2) is 6.12. The summed E-state index contributed by atoms with van der Waals surface area (Å²) in [6, 6.07) is 8.25. The van der Waals surface area contributed by atoms with Crippen molar-refractivity contribution < 1.29 is 4.74 Å². The topological polar surface area (TPSA) is 21.3 Å². The second-order valence-electron chi connectivity index (χ2n) is 3.92. The fourth-order valence-electron chi connectivity index (χ4n) is 1.84. The molecule has 0 atom stereocenters. The Bertz CT molecular complexity index is 448. The molecule has 0 bridgehead atoms. The summed E-state index contributed by atoms with van der Waals surface area (Å²) in [6.45, 7) is 4.31. The highest BCUT2D eigenvalue weighted by molar-refractivity contribution is 5.67. The van der Waals surface area contributed by atoms with Gasteiger partial charge in [0.2, 0.25) is 0 Å². The minimum atomic E-state index is 0.461. The number of hydrogen-bond donors (Lipinski definition) is 1. The Labute approximate surface area is 103 Å². The smallest absolute Gasteiger partial charge is 0.149 e. The lowest BCUT2D eigenvalue weighted by Crippen LogP contribution is -2.19. The predicted molar refractivity (Wildman–Crippen MR) is 70.9 cm³/mol. The lowest BCUT2D eigenvalue weighted by molar-refractivity contribution is 0.370. The standard InChI is InChI=1S/C15H17NO/c1-2-3-12-17-15-6-4-13(5-7-15)14-8-10-16-11-9-14/h4-8,16H,9-12H2,1H3. The molecule has 0 aromatic heterocycles. The fraction of sp³-hybridized carbons (Fsp3) is 0.333. The Kier molecular flexibility index (Phi) is 4.23. The quantitative estimate of drug-likeness (QED) is 0.801. The van der Waals surface area contributed by atoms with Gasteiger partial charge in [-0.15, -0.1) is 5.92 Å². The highest BCUT2D eigenvalue weighted by atomic mass is 16.5. The van der Waals surface area contributed by atoms with Crippen LogP contribution in [-0.4, -0.2) is 19.7 Å². The third kappa shape index (κ3) is 3.37. The molecule has 0 unspecified atom stereocenters. The first-order valence-electron chi connectivity index (χ1n) is 5.93. The van der Waals surface area contributed by atoms with Gasteiger partial charge in [-0.05, 0) is 43.2 Å². The van der Waals surface area contributed by atoms with E-state index in [1.54, 1.807) is 0 Å². The number of ether oxygens (including phenoxy) is 1. The van der Waals surface area contributed by atoms with E-state index in [1.165, 1.54) is 11.1 Å². The predicted octanol–water partition coefficient (Wildman–Crippen LogP) is 2.47. The highest BCUT2D eigenvalue weighted by Gasteiger charge is 2.05. The zero-order chi connectivity index (χ0) is 11.9. The van der Waals surface area contributed by atoms with E-state index < -0.39 is 0 Å². The second-order valence-corrected chi connectivity index (χ2v) is 3.92. The van der Waals surface area contributed by atoms with Crippen LogP contribution in [0.25, 0.3) is 5.57 Å². The van der Waals surface area contributed by atoms with Crippen LogP contribution in [0, 0.1) is 11.8 Å². The normalized spacial score (nSPS) is 14.5. The van der Waals surface area contributed by atoms with Gasteiger partial charge in [0.25, 0.3) is 0 Å². The van der Waals surface area contributed by atoms with Crippen LogP contribution < -0.4 is 10.1 Å². The van der Waals surface area contributed by atoms with Crippen molar-refractivity contribution in [1.82, 2.24) is 5.32 Å². The van der Waals surface area contributed by atoms with Crippen LogP contribution in [0.4, 0.5) is 0 Å². The Morgan fingerprint density at radius 2 is 2.12 bits per heavy atom. The molecule has 1 aromatic rings. The van der Waals surface area contributed by atoms with E-state index in [9.17, 15) is 0 Å². The van der Waals surface area contributed by atoms with Gasteiger partial charge in [-0.2, -0.15) is 0 Å². The van der Waals surface area contributed by atoms with Crippen molar-refractivity contribution in [1.29, 1.82) is 0 Å². The average molecular weight is 227 g/mol. The Hall–Kier alpha value is -1.72. The zero-order valence-electron chi connectivity index (χ0n) is 10.1. The van der Waals surface area contributed by atoms with Gasteiger partial charge >= 0.3 is 0 Å². The summed E-state index contributed by atoms with van der Waals surface area (Å²) in [5.41, 5.74) is 2.71. The molecule has 1 aromatic carbocycles. The monoisotopic (exact) mass is 227 g/mol. The first-order chi connectivity index (χ1) is 8.40. The van der Waals surface area contributed by atoms with Gasteiger partial charge in [-0.1, -0.05) is 24.1 Å². The van der Waals surface area contributed by atoms with E-state index in [4.69, 9.17) is 4.74 Å². The van der Waals surface area contributed by atoms with Crippen molar-refractivity contribution in [2.45, 2.75) is 13.3 Å². The molecule has 1 N–H and O–H groups in total. The van der Waals surface area contributed by atoms with Gasteiger partial charge in [-0.3, -0.25) is 0 Å². The summed E-state index contributed by atoms with van der Waals surface area (Å²) >= 11 is 0. The molecule has 1 aliphatic rings. The maximum atomic E-state index is 5.48. The van der Waals surface area contributed by atoms with Crippen LogP contribution in [0.3, 0.4) is 0 Å². The largest absolute Gasteiger partial charge is 0.481 e. The van der Waals surface area contributed by atoms with Crippen molar-refractivity contribution in [2.24, 2.45) is 0 Å². The molecule has 2 heteroatoms. The first kappa shape index (κ1) is 11.8. The third-order valence-corrected chi connectivity index (χ3v) is 2.78. The van der Waals surface area contributed by atoms with Crippen LogP contribution in [-0.2, 0) is 0 Å². The highest BCUT2D eigenvalue weighted by Crippen LogP contribution is 2.22. The van der Waals surface area contributed by atoms with E-state index in [2.05, 4.69) is 35.4 Å². The molecule has 0 saturated carbocycles.